The third-order valence-corrected chi connectivity index (χ3v) is 6.77. The van der Waals surface area contributed by atoms with Gasteiger partial charge in [-0.3, -0.25) is 4.90 Å². The van der Waals surface area contributed by atoms with Crippen LogP contribution in [0.3, 0.4) is 0 Å². The van der Waals surface area contributed by atoms with E-state index >= 15 is 0 Å². The quantitative estimate of drug-likeness (QED) is 0.801. The fourth-order valence-corrected chi connectivity index (χ4v) is 4.78. The van der Waals surface area contributed by atoms with Crippen LogP contribution in [-0.2, 0) is 6.54 Å². The summed E-state index contributed by atoms with van der Waals surface area (Å²) in [6.45, 7) is 3.48. The highest BCUT2D eigenvalue weighted by Crippen LogP contribution is 2.34. The Labute approximate surface area is 130 Å². The number of piperidine rings is 1. The Kier molecular flexibility index (Phi) is 6.15. The molecular weight excluding hydrogens is 376 g/mol. The number of hydrogen-bond acceptors (Lipinski definition) is 3. The molecule has 1 fully saturated rings. The molecule has 0 radical (unpaired) electrons. The van der Waals surface area contributed by atoms with E-state index in [9.17, 15) is 0 Å². The van der Waals surface area contributed by atoms with E-state index in [1.165, 1.54) is 45.4 Å². The van der Waals surface area contributed by atoms with Crippen LogP contribution in [0.1, 0.15) is 30.6 Å². The first-order valence-corrected chi connectivity index (χ1v) is 8.93. The van der Waals surface area contributed by atoms with Gasteiger partial charge in [-0.25, -0.2) is 0 Å². The van der Waals surface area contributed by atoms with Crippen molar-refractivity contribution in [1.29, 1.82) is 0 Å². The maximum atomic E-state index is 3.58. The summed E-state index contributed by atoms with van der Waals surface area (Å²) in [6.07, 6.45) is 5.37. The highest BCUT2D eigenvalue weighted by molar-refractivity contribution is 9.13. The van der Waals surface area contributed by atoms with E-state index in [2.05, 4.69) is 48.1 Å². The average molecular weight is 396 g/mol. The molecule has 0 amide bonds. The summed E-state index contributed by atoms with van der Waals surface area (Å²) < 4.78 is 2.40. The molecule has 1 aromatic rings. The van der Waals surface area contributed by atoms with Gasteiger partial charge in [0.05, 0.1) is 3.79 Å². The van der Waals surface area contributed by atoms with Crippen molar-refractivity contribution in [3.63, 3.8) is 0 Å². The van der Waals surface area contributed by atoms with Crippen LogP contribution in [0.2, 0.25) is 0 Å². The van der Waals surface area contributed by atoms with Gasteiger partial charge < -0.3 is 5.32 Å². The van der Waals surface area contributed by atoms with Gasteiger partial charge in [0.2, 0.25) is 0 Å². The summed E-state index contributed by atoms with van der Waals surface area (Å²) in [5, 5.41) is 3.27. The topological polar surface area (TPSA) is 15.3 Å². The van der Waals surface area contributed by atoms with Crippen molar-refractivity contribution < 1.29 is 0 Å². The van der Waals surface area contributed by atoms with Crippen LogP contribution >= 0.6 is 43.2 Å². The van der Waals surface area contributed by atoms with Gasteiger partial charge in [-0.15, -0.1) is 11.3 Å². The number of hydrogen-bond donors (Lipinski definition) is 1. The SMILES string of the molecule is CNCCC1CCCCN1Cc1cc(Br)c(Br)s1. The summed E-state index contributed by atoms with van der Waals surface area (Å²) in [7, 11) is 2.04. The Bertz CT molecular complexity index is 362. The van der Waals surface area contributed by atoms with Gasteiger partial charge in [-0.05, 0) is 77.3 Å². The summed E-state index contributed by atoms with van der Waals surface area (Å²) in [6, 6.07) is 3.00. The lowest BCUT2D eigenvalue weighted by molar-refractivity contribution is 0.134. The monoisotopic (exact) mass is 394 g/mol. The van der Waals surface area contributed by atoms with Gasteiger partial charge >= 0.3 is 0 Å². The largest absolute Gasteiger partial charge is 0.320 e. The van der Waals surface area contributed by atoms with E-state index in [0.717, 1.165) is 19.1 Å². The van der Waals surface area contributed by atoms with E-state index < -0.39 is 0 Å². The van der Waals surface area contributed by atoms with Crippen molar-refractivity contribution in [3.8, 4) is 0 Å². The van der Waals surface area contributed by atoms with Crippen LogP contribution in [-0.4, -0.2) is 31.1 Å². The molecule has 1 unspecified atom stereocenters. The van der Waals surface area contributed by atoms with Gasteiger partial charge in [0.1, 0.15) is 0 Å². The number of halogens is 2. The maximum absolute atomic E-state index is 3.58. The molecule has 0 bridgehead atoms. The van der Waals surface area contributed by atoms with Crippen molar-refractivity contribution in [2.45, 2.75) is 38.3 Å². The fourth-order valence-electron chi connectivity index (χ4n) is 2.58. The van der Waals surface area contributed by atoms with Crippen LogP contribution in [0.4, 0.5) is 0 Å². The second-order valence-corrected chi connectivity index (χ2v) is 8.16. The standard InChI is InChI=1S/C13H20Br2N2S/c1-16-6-5-10-4-2-3-7-17(10)9-11-8-12(14)13(15)18-11/h8,10,16H,2-7,9H2,1H3. The molecule has 18 heavy (non-hydrogen) atoms. The molecule has 102 valence electrons. The first kappa shape index (κ1) is 15.0. The van der Waals surface area contributed by atoms with Crippen molar-refractivity contribution in [3.05, 3.63) is 19.2 Å². The lowest BCUT2D eigenvalue weighted by atomic mass is 9.99. The van der Waals surface area contributed by atoms with Crippen LogP contribution in [0.5, 0.6) is 0 Å². The Morgan fingerprint density at radius 1 is 1.44 bits per heavy atom. The molecule has 0 spiro atoms. The average Bonchev–Trinajstić information content (AvgIpc) is 2.67. The predicted molar refractivity (Wildman–Crippen MR) is 86.3 cm³/mol. The summed E-state index contributed by atoms with van der Waals surface area (Å²) in [4.78, 5) is 4.11. The first-order valence-electron chi connectivity index (χ1n) is 6.53. The molecule has 1 aromatic heterocycles. The molecule has 0 saturated carbocycles. The lowest BCUT2D eigenvalue weighted by Crippen LogP contribution is -2.40. The Balaban J connectivity index is 1.96. The van der Waals surface area contributed by atoms with Gasteiger partial charge in [0, 0.05) is 21.9 Å². The molecule has 1 saturated heterocycles. The minimum absolute atomic E-state index is 0.755. The highest BCUT2D eigenvalue weighted by Gasteiger charge is 2.22. The smallest absolute Gasteiger partial charge is 0.0843 e. The highest BCUT2D eigenvalue weighted by atomic mass is 79.9. The molecule has 0 aliphatic carbocycles. The van der Waals surface area contributed by atoms with Crippen LogP contribution < -0.4 is 5.32 Å². The number of nitrogens with one attached hydrogen (secondary N) is 1. The first-order chi connectivity index (χ1) is 8.70. The van der Waals surface area contributed by atoms with E-state index in [1.807, 2.05) is 18.4 Å². The fraction of sp³-hybridized carbons (Fsp3) is 0.692. The van der Waals surface area contributed by atoms with Crippen molar-refractivity contribution in [1.82, 2.24) is 10.2 Å². The second-order valence-electron chi connectivity index (χ2n) is 4.85. The van der Waals surface area contributed by atoms with Crippen LogP contribution in [0, 0.1) is 0 Å². The van der Waals surface area contributed by atoms with E-state index in [1.54, 1.807) is 0 Å². The van der Waals surface area contributed by atoms with Crippen molar-refractivity contribution in [2.24, 2.45) is 0 Å². The van der Waals surface area contributed by atoms with Crippen molar-refractivity contribution >= 4 is 43.2 Å². The molecule has 0 aromatic carbocycles. The minimum atomic E-state index is 0.755. The van der Waals surface area contributed by atoms with E-state index in [-0.39, 0.29) is 0 Å². The number of rotatable bonds is 5. The van der Waals surface area contributed by atoms with E-state index in [4.69, 9.17) is 0 Å². The zero-order chi connectivity index (χ0) is 13.0. The molecular formula is C13H20Br2N2S. The Morgan fingerprint density at radius 3 is 2.94 bits per heavy atom. The van der Waals surface area contributed by atoms with Crippen LogP contribution in [0.25, 0.3) is 0 Å². The zero-order valence-electron chi connectivity index (χ0n) is 10.7. The third kappa shape index (κ3) is 4.04. The number of likely N-dealkylation sites (tertiary alicyclic amines) is 1. The third-order valence-electron chi connectivity index (χ3n) is 3.53. The predicted octanol–water partition coefficient (Wildman–Crippen LogP) is 4.24. The molecule has 1 N–H and O–H groups in total. The Morgan fingerprint density at radius 2 is 2.28 bits per heavy atom. The van der Waals surface area contributed by atoms with Gasteiger partial charge in [0.25, 0.3) is 0 Å². The number of thiophene rings is 1. The summed E-state index contributed by atoms with van der Waals surface area (Å²) in [5.74, 6) is 0. The van der Waals surface area contributed by atoms with Gasteiger partial charge in [-0.2, -0.15) is 0 Å². The number of nitrogens with zero attached hydrogens (tertiary/aromatic N) is 1. The maximum Gasteiger partial charge on any atom is 0.0843 e. The van der Waals surface area contributed by atoms with Crippen LogP contribution in [0.15, 0.2) is 14.3 Å². The van der Waals surface area contributed by atoms with Gasteiger partial charge in [-0.1, -0.05) is 6.42 Å². The molecule has 2 nitrogen and oxygen atoms in total. The lowest BCUT2D eigenvalue weighted by Gasteiger charge is -2.35. The van der Waals surface area contributed by atoms with E-state index in [0.29, 0.717) is 0 Å². The zero-order valence-corrected chi connectivity index (χ0v) is 14.7. The minimum Gasteiger partial charge on any atom is -0.320 e. The molecule has 2 heterocycles. The second kappa shape index (κ2) is 7.39. The van der Waals surface area contributed by atoms with Gasteiger partial charge in [0.15, 0.2) is 0 Å². The molecule has 1 aliphatic rings. The van der Waals surface area contributed by atoms with Crippen molar-refractivity contribution in [2.75, 3.05) is 20.1 Å². The molecule has 1 aliphatic heterocycles. The molecule has 1 atom stereocenters. The molecule has 2 rings (SSSR count). The molecule has 5 heteroatoms. The normalized spacial score (nSPS) is 21.4. The Hall–Kier alpha value is 0.580. The summed E-state index contributed by atoms with van der Waals surface area (Å²) in [5.41, 5.74) is 0. The summed E-state index contributed by atoms with van der Waals surface area (Å²) >= 11 is 9.00.